The Balaban J connectivity index is 0.00000210. The third kappa shape index (κ3) is 4.63. The summed E-state index contributed by atoms with van der Waals surface area (Å²) in [6.07, 6.45) is 2.24. The Labute approximate surface area is 168 Å². The quantitative estimate of drug-likeness (QED) is 0.704. The third-order valence-electron chi connectivity index (χ3n) is 4.70. The van der Waals surface area contributed by atoms with Gasteiger partial charge in [-0.3, -0.25) is 9.48 Å². The number of hydrogen-bond donors (Lipinski definition) is 1. The van der Waals surface area contributed by atoms with E-state index in [1.165, 1.54) is 17.4 Å². The minimum Gasteiger partial charge on any atom is -0.341 e. The molecule has 27 heavy (non-hydrogen) atoms. The largest absolute Gasteiger partial charge is 0.341 e. The van der Waals surface area contributed by atoms with E-state index in [2.05, 4.69) is 29.9 Å². The molecule has 0 radical (unpaired) electrons. The molecule has 0 unspecified atom stereocenters. The Morgan fingerprint density at radius 3 is 3.04 bits per heavy atom. The van der Waals surface area contributed by atoms with Crippen LogP contribution in [0.25, 0.3) is 11.0 Å². The number of nitrogens with one attached hydrogen (secondary N) is 1. The van der Waals surface area contributed by atoms with Gasteiger partial charge in [-0.25, -0.2) is 0 Å². The fraction of sp³-hybridized carbons (Fsp3) is 0.444. The van der Waals surface area contributed by atoms with E-state index in [0.717, 1.165) is 48.3 Å². The Kier molecular flexibility index (Phi) is 6.41. The number of halogens is 1. The number of nitrogens with zero attached hydrogens (tertiary/aromatic N) is 5. The van der Waals surface area contributed by atoms with Gasteiger partial charge in [-0.15, -0.1) is 12.4 Å². The van der Waals surface area contributed by atoms with Gasteiger partial charge in [0.25, 0.3) is 0 Å². The van der Waals surface area contributed by atoms with Crippen LogP contribution in [0, 0.1) is 0 Å². The summed E-state index contributed by atoms with van der Waals surface area (Å²) in [7, 11) is 1.85. The van der Waals surface area contributed by atoms with Crippen LogP contribution in [0.3, 0.4) is 0 Å². The van der Waals surface area contributed by atoms with Crippen molar-refractivity contribution in [3.63, 3.8) is 0 Å². The number of fused-ring (bicyclic) bond motifs is 2. The van der Waals surface area contributed by atoms with E-state index in [-0.39, 0.29) is 18.3 Å². The summed E-state index contributed by atoms with van der Waals surface area (Å²) in [5.41, 5.74) is 5.08. The lowest BCUT2D eigenvalue weighted by molar-refractivity contribution is -0.130. The zero-order valence-corrected chi connectivity index (χ0v) is 16.9. The first-order valence-electron chi connectivity index (χ1n) is 8.90. The summed E-state index contributed by atoms with van der Waals surface area (Å²) in [5.74, 6) is 0.128. The molecule has 144 valence electrons. The van der Waals surface area contributed by atoms with Gasteiger partial charge in [0.1, 0.15) is 11.0 Å². The van der Waals surface area contributed by atoms with Crippen molar-refractivity contribution >= 4 is 41.1 Å². The second-order valence-electron chi connectivity index (χ2n) is 6.72. The van der Waals surface area contributed by atoms with Gasteiger partial charge >= 0.3 is 0 Å². The maximum atomic E-state index is 12.5. The number of rotatable bonds is 5. The molecule has 4 rings (SSSR count). The van der Waals surface area contributed by atoms with Gasteiger partial charge in [0.2, 0.25) is 5.91 Å². The van der Waals surface area contributed by atoms with Crippen LogP contribution in [0.2, 0.25) is 0 Å². The zero-order valence-electron chi connectivity index (χ0n) is 15.2. The molecular weight excluding hydrogens is 384 g/mol. The molecule has 0 atom stereocenters. The van der Waals surface area contributed by atoms with Gasteiger partial charge in [-0.1, -0.05) is 6.07 Å². The minimum absolute atomic E-state index is 0. The number of carbonyl (C=O) groups is 1. The highest BCUT2D eigenvalue weighted by molar-refractivity contribution is 7.00. The number of aryl methyl sites for hydroxylation is 2. The van der Waals surface area contributed by atoms with E-state index in [1.807, 2.05) is 25.2 Å². The molecule has 1 aliphatic heterocycles. The highest BCUT2D eigenvalue weighted by Gasteiger charge is 2.14. The Bertz CT molecular complexity index is 900. The normalized spacial score (nSPS) is 13.7. The Morgan fingerprint density at radius 2 is 2.15 bits per heavy atom. The second-order valence-corrected chi connectivity index (χ2v) is 7.25. The summed E-state index contributed by atoms with van der Waals surface area (Å²) < 4.78 is 10.5. The van der Waals surface area contributed by atoms with E-state index in [0.29, 0.717) is 19.4 Å². The summed E-state index contributed by atoms with van der Waals surface area (Å²) >= 11 is 1.21. The summed E-state index contributed by atoms with van der Waals surface area (Å²) in [5, 5.41) is 8.04. The average molecular weight is 407 g/mol. The molecule has 0 aliphatic carbocycles. The number of amides is 1. The highest BCUT2D eigenvalue weighted by atomic mass is 35.5. The summed E-state index contributed by atoms with van der Waals surface area (Å²) in [4.78, 5) is 14.3. The van der Waals surface area contributed by atoms with Gasteiger partial charge in [0.05, 0.1) is 23.1 Å². The van der Waals surface area contributed by atoms with Crippen molar-refractivity contribution in [1.29, 1.82) is 0 Å². The molecule has 0 spiro atoms. The monoisotopic (exact) mass is 406 g/mol. The average Bonchev–Trinajstić information content (AvgIpc) is 3.20. The van der Waals surface area contributed by atoms with Crippen LogP contribution in [0.4, 0.5) is 0 Å². The molecule has 1 N–H and O–H groups in total. The lowest BCUT2D eigenvalue weighted by Gasteiger charge is -2.17. The van der Waals surface area contributed by atoms with Crippen molar-refractivity contribution < 1.29 is 4.79 Å². The van der Waals surface area contributed by atoms with Crippen molar-refractivity contribution in [3.8, 4) is 0 Å². The molecule has 1 aliphatic rings. The van der Waals surface area contributed by atoms with Gasteiger partial charge in [-0.05, 0) is 36.7 Å². The summed E-state index contributed by atoms with van der Waals surface area (Å²) in [6.45, 7) is 3.42. The number of carbonyl (C=O) groups excluding carboxylic acids is 1. The van der Waals surface area contributed by atoms with E-state index in [9.17, 15) is 4.79 Å². The SMILES string of the molecule is CN(Cc1ccc2nsnc2c1)C(=O)CCc1cc2n(n1)CCCNC2.Cl. The van der Waals surface area contributed by atoms with E-state index in [4.69, 9.17) is 0 Å². The molecule has 0 saturated carbocycles. The van der Waals surface area contributed by atoms with Crippen molar-refractivity contribution in [1.82, 2.24) is 28.7 Å². The van der Waals surface area contributed by atoms with Crippen LogP contribution < -0.4 is 5.32 Å². The van der Waals surface area contributed by atoms with Crippen LogP contribution in [0.15, 0.2) is 24.3 Å². The van der Waals surface area contributed by atoms with Crippen LogP contribution in [-0.4, -0.2) is 42.9 Å². The molecule has 2 aromatic heterocycles. The van der Waals surface area contributed by atoms with E-state index in [1.54, 1.807) is 4.90 Å². The molecule has 0 fully saturated rings. The smallest absolute Gasteiger partial charge is 0.223 e. The molecule has 3 heterocycles. The molecule has 0 bridgehead atoms. The van der Waals surface area contributed by atoms with Crippen molar-refractivity contribution in [2.24, 2.45) is 0 Å². The maximum absolute atomic E-state index is 12.5. The maximum Gasteiger partial charge on any atom is 0.223 e. The number of benzene rings is 1. The Morgan fingerprint density at radius 1 is 1.30 bits per heavy atom. The van der Waals surface area contributed by atoms with Crippen molar-refractivity contribution in [2.75, 3.05) is 13.6 Å². The molecule has 0 saturated heterocycles. The van der Waals surface area contributed by atoms with Gasteiger partial charge < -0.3 is 10.2 Å². The van der Waals surface area contributed by atoms with Gasteiger partial charge in [0.15, 0.2) is 0 Å². The predicted molar refractivity (Wildman–Crippen MR) is 108 cm³/mol. The van der Waals surface area contributed by atoms with Crippen molar-refractivity contribution in [3.05, 3.63) is 41.2 Å². The molecule has 7 nitrogen and oxygen atoms in total. The first-order chi connectivity index (χ1) is 12.7. The lowest BCUT2D eigenvalue weighted by Crippen LogP contribution is -2.26. The summed E-state index contributed by atoms with van der Waals surface area (Å²) in [6, 6.07) is 8.09. The first-order valence-corrected chi connectivity index (χ1v) is 9.63. The van der Waals surface area contributed by atoms with Crippen LogP contribution in [0.5, 0.6) is 0 Å². The fourth-order valence-electron chi connectivity index (χ4n) is 3.26. The molecular formula is C18H23ClN6OS. The fourth-order valence-corrected chi connectivity index (χ4v) is 3.77. The number of hydrogen-bond acceptors (Lipinski definition) is 6. The Hall–Kier alpha value is -2.03. The standard InChI is InChI=1S/C18H22N6OS.ClH/c1-23(12-13-3-5-16-17(9-13)22-26-21-16)18(25)6-4-14-10-15-11-19-7-2-8-24(15)20-14;/h3,5,9-10,19H,2,4,6-8,11-12H2,1H3;1H. The lowest BCUT2D eigenvalue weighted by atomic mass is 10.1. The highest BCUT2D eigenvalue weighted by Crippen LogP contribution is 2.15. The first kappa shape index (κ1) is 19.7. The van der Waals surface area contributed by atoms with Gasteiger partial charge in [-0.2, -0.15) is 13.8 Å². The topological polar surface area (TPSA) is 75.9 Å². The van der Waals surface area contributed by atoms with Crippen LogP contribution in [0.1, 0.15) is 29.8 Å². The zero-order chi connectivity index (χ0) is 17.9. The number of aromatic nitrogens is 4. The molecule has 1 amide bonds. The second kappa shape index (κ2) is 8.77. The van der Waals surface area contributed by atoms with E-state index < -0.39 is 0 Å². The van der Waals surface area contributed by atoms with Crippen LogP contribution >= 0.6 is 24.1 Å². The minimum atomic E-state index is 0. The van der Waals surface area contributed by atoms with Crippen molar-refractivity contribution in [2.45, 2.75) is 38.9 Å². The third-order valence-corrected chi connectivity index (χ3v) is 5.26. The van der Waals surface area contributed by atoms with Crippen LogP contribution in [-0.2, 0) is 30.8 Å². The predicted octanol–water partition coefficient (Wildman–Crippen LogP) is 2.39. The van der Waals surface area contributed by atoms with E-state index >= 15 is 0 Å². The molecule has 1 aromatic carbocycles. The molecule has 9 heteroatoms. The van der Waals surface area contributed by atoms with Gasteiger partial charge in [0, 0.05) is 39.5 Å². The molecule has 3 aromatic rings.